The Balaban J connectivity index is 1.70. The van der Waals surface area contributed by atoms with Crippen LogP contribution < -0.4 is 4.74 Å². The van der Waals surface area contributed by atoms with E-state index in [-0.39, 0.29) is 17.4 Å². The van der Waals surface area contributed by atoms with Gasteiger partial charge in [0, 0.05) is 13.1 Å². The minimum atomic E-state index is -0.444. The number of amides is 3. The predicted octanol–water partition coefficient (Wildman–Crippen LogP) is 3.79. The molecular weight excluding hydrogens is 388 g/mol. The second-order valence-corrected chi connectivity index (χ2v) is 7.86. The molecule has 2 aliphatic heterocycles. The van der Waals surface area contributed by atoms with Gasteiger partial charge < -0.3 is 9.64 Å². The van der Waals surface area contributed by atoms with Crippen molar-refractivity contribution in [1.29, 1.82) is 0 Å². The van der Waals surface area contributed by atoms with Crippen molar-refractivity contribution in [2.24, 2.45) is 0 Å². The highest BCUT2D eigenvalue weighted by Gasteiger charge is 2.37. The average Bonchev–Trinajstić information content (AvgIpc) is 2.86. The van der Waals surface area contributed by atoms with E-state index in [1.54, 1.807) is 29.2 Å². The largest absolute Gasteiger partial charge is 0.495 e. The highest BCUT2D eigenvalue weighted by Crippen LogP contribution is 2.33. The molecular formula is C19H21ClN2O4S. The molecule has 2 heterocycles. The molecule has 1 aromatic carbocycles. The van der Waals surface area contributed by atoms with Crippen LogP contribution in [0.4, 0.5) is 4.79 Å². The van der Waals surface area contributed by atoms with Gasteiger partial charge in [0.15, 0.2) is 0 Å². The number of nitrogens with zero attached hydrogens (tertiary/aromatic N) is 2. The Morgan fingerprint density at radius 1 is 1.22 bits per heavy atom. The Labute approximate surface area is 167 Å². The molecule has 0 atom stereocenters. The van der Waals surface area contributed by atoms with Gasteiger partial charge in [-0.2, -0.15) is 0 Å². The normalized spacial score (nSPS) is 19.6. The number of hydrogen-bond acceptors (Lipinski definition) is 5. The molecule has 0 radical (unpaired) electrons. The highest BCUT2D eigenvalue weighted by atomic mass is 35.5. The van der Waals surface area contributed by atoms with E-state index in [0.29, 0.717) is 29.4 Å². The zero-order chi connectivity index (χ0) is 19.4. The summed E-state index contributed by atoms with van der Waals surface area (Å²) in [6, 6.07) is 5.11. The van der Waals surface area contributed by atoms with Gasteiger partial charge in [-0.15, -0.1) is 0 Å². The molecule has 2 aliphatic rings. The molecule has 0 unspecified atom stereocenters. The molecule has 3 amide bonds. The predicted molar refractivity (Wildman–Crippen MR) is 106 cm³/mol. The number of carbonyl (C=O) groups excluding carboxylic acids is 3. The van der Waals surface area contributed by atoms with Crippen LogP contribution in [-0.2, 0) is 9.59 Å². The summed E-state index contributed by atoms with van der Waals surface area (Å²) < 4.78 is 5.11. The van der Waals surface area contributed by atoms with Crippen LogP contribution in [0.1, 0.15) is 31.2 Å². The first-order chi connectivity index (χ1) is 13.0. The number of hydrogen-bond donors (Lipinski definition) is 0. The van der Waals surface area contributed by atoms with Crippen LogP contribution in [0, 0.1) is 0 Å². The van der Waals surface area contributed by atoms with E-state index in [2.05, 4.69) is 0 Å². The Bertz CT molecular complexity index is 788. The Morgan fingerprint density at radius 3 is 2.56 bits per heavy atom. The number of halogens is 1. The van der Waals surface area contributed by atoms with Crippen LogP contribution in [0.3, 0.4) is 0 Å². The summed E-state index contributed by atoms with van der Waals surface area (Å²) in [6.45, 7) is 1.18. The number of carbonyl (C=O) groups is 3. The van der Waals surface area contributed by atoms with Gasteiger partial charge in [0.2, 0.25) is 5.91 Å². The van der Waals surface area contributed by atoms with Crippen molar-refractivity contribution >= 4 is 46.5 Å². The molecule has 27 heavy (non-hydrogen) atoms. The first-order valence-corrected chi connectivity index (χ1v) is 10.1. The van der Waals surface area contributed by atoms with Gasteiger partial charge in [-0.1, -0.05) is 30.5 Å². The molecule has 144 valence electrons. The number of ether oxygens (including phenoxy) is 1. The van der Waals surface area contributed by atoms with Crippen molar-refractivity contribution in [1.82, 2.24) is 9.80 Å². The Kier molecular flexibility index (Phi) is 6.44. The summed E-state index contributed by atoms with van der Waals surface area (Å²) in [6.07, 6.45) is 5.75. The third-order valence-electron chi connectivity index (χ3n) is 4.60. The number of thioether (sulfide) groups is 1. The van der Waals surface area contributed by atoms with Gasteiger partial charge >= 0.3 is 0 Å². The lowest BCUT2D eigenvalue weighted by Crippen LogP contribution is -2.42. The standard InChI is InChI=1S/C19H21ClN2O4S/c1-26-15-7-6-13(10-14(15)20)11-16-18(24)22(19(25)27-16)12-17(23)21-8-4-2-3-5-9-21/h6-7,10-11H,2-5,8-9,12H2,1H3/b16-11-. The van der Waals surface area contributed by atoms with Crippen LogP contribution in [-0.4, -0.2) is 53.6 Å². The van der Waals surface area contributed by atoms with E-state index >= 15 is 0 Å². The second-order valence-electron chi connectivity index (χ2n) is 6.46. The van der Waals surface area contributed by atoms with Gasteiger partial charge in [0.1, 0.15) is 12.3 Å². The van der Waals surface area contributed by atoms with Crippen LogP contribution in [0.25, 0.3) is 6.08 Å². The molecule has 8 heteroatoms. The Hall–Kier alpha value is -1.99. The smallest absolute Gasteiger partial charge is 0.294 e. The van der Waals surface area contributed by atoms with E-state index in [1.807, 2.05) is 0 Å². The lowest BCUT2D eigenvalue weighted by Gasteiger charge is -2.22. The number of likely N-dealkylation sites (tertiary alicyclic amines) is 1. The molecule has 0 aliphatic carbocycles. The SMILES string of the molecule is COc1ccc(/C=C2\SC(=O)N(CC(=O)N3CCCCCC3)C2=O)cc1Cl. The van der Waals surface area contributed by atoms with Gasteiger partial charge in [0.25, 0.3) is 11.1 Å². The van der Waals surface area contributed by atoms with Crippen LogP contribution >= 0.6 is 23.4 Å². The zero-order valence-electron chi connectivity index (χ0n) is 15.1. The minimum Gasteiger partial charge on any atom is -0.495 e. The maximum absolute atomic E-state index is 12.6. The molecule has 1 aromatic rings. The first-order valence-electron chi connectivity index (χ1n) is 8.86. The number of rotatable bonds is 4. The fourth-order valence-corrected chi connectivity index (χ4v) is 4.22. The minimum absolute atomic E-state index is 0.173. The third kappa shape index (κ3) is 4.65. The monoisotopic (exact) mass is 408 g/mol. The third-order valence-corrected chi connectivity index (χ3v) is 5.80. The average molecular weight is 409 g/mol. The lowest BCUT2D eigenvalue weighted by atomic mass is 10.2. The fourth-order valence-electron chi connectivity index (χ4n) is 3.12. The van der Waals surface area contributed by atoms with Gasteiger partial charge in [-0.25, -0.2) is 0 Å². The molecule has 2 fully saturated rings. The second kappa shape index (κ2) is 8.80. The Morgan fingerprint density at radius 2 is 1.93 bits per heavy atom. The van der Waals surface area contributed by atoms with Crippen molar-refractivity contribution in [3.63, 3.8) is 0 Å². The van der Waals surface area contributed by atoms with Crippen molar-refractivity contribution < 1.29 is 19.1 Å². The van der Waals surface area contributed by atoms with Crippen molar-refractivity contribution in [2.75, 3.05) is 26.7 Å². The molecule has 0 saturated carbocycles. The van der Waals surface area contributed by atoms with Crippen molar-refractivity contribution in [3.05, 3.63) is 33.7 Å². The molecule has 2 saturated heterocycles. The topological polar surface area (TPSA) is 66.9 Å². The maximum atomic E-state index is 12.6. The quantitative estimate of drug-likeness (QED) is 0.709. The van der Waals surface area contributed by atoms with Gasteiger partial charge in [0.05, 0.1) is 17.0 Å². The van der Waals surface area contributed by atoms with E-state index in [9.17, 15) is 14.4 Å². The van der Waals surface area contributed by atoms with Crippen LogP contribution in [0.2, 0.25) is 5.02 Å². The summed E-state index contributed by atoms with van der Waals surface area (Å²) in [5.74, 6) is -0.0852. The van der Waals surface area contributed by atoms with Crippen LogP contribution in [0.15, 0.2) is 23.1 Å². The van der Waals surface area contributed by atoms with Crippen molar-refractivity contribution in [3.8, 4) is 5.75 Å². The maximum Gasteiger partial charge on any atom is 0.294 e. The molecule has 0 bridgehead atoms. The van der Waals surface area contributed by atoms with E-state index < -0.39 is 11.1 Å². The summed E-state index contributed by atoms with van der Waals surface area (Å²) in [5.41, 5.74) is 0.685. The summed E-state index contributed by atoms with van der Waals surface area (Å²) >= 11 is 6.94. The summed E-state index contributed by atoms with van der Waals surface area (Å²) in [4.78, 5) is 40.4. The van der Waals surface area contributed by atoms with Crippen molar-refractivity contribution in [2.45, 2.75) is 25.7 Å². The van der Waals surface area contributed by atoms with Gasteiger partial charge in [-0.05, 0) is 48.4 Å². The lowest BCUT2D eigenvalue weighted by molar-refractivity contribution is -0.135. The summed E-state index contributed by atoms with van der Waals surface area (Å²) in [7, 11) is 1.52. The number of benzene rings is 1. The molecule has 0 aromatic heterocycles. The highest BCUT2D eigenvalue weighted by molar-refractivity contribution is 8.18. The molecule has 0 N–H and O–H groups in total. The summed E-state index contributed by atoms with van der Waals surface area (Å²) in [5, 5.41) is -0.00384. The van der Waals surface area contributed by atoms with E-state index in [1.165, 1.54) is 7.11 Å². The first kappa shape index (κ1) is 19.8. The zero-order valence-corrected chi connectivity index (χ0v) is 16.6. The van der Waals surface area contributed by atoms with E-state index in [0.717, 1.165) is 42.3 Å². The van der Waals surface area contributed by atoms with E-state index in [4.69, 9.17) is 16.3 Å². The number of methoxy groups -OCH3 is 1. The molecule has 3 rings (SSSR count). The fraction of sp³-hybridized carbons (Fsp3) is 0.421. The van der Waals surface area contributed by atoms with Gasteiger partial charge in [-0.3, -0.25) is 19.3 Å². The number of imide groups is 1. The van der Waals surface area contributed by atoms with Crippen LogP contribution in [0.5, 0.6) is 5.75 Å². The molecule has 0 spiro atoms. The molecule has 6 nitrogen and oxygen atoms in total.